The summed E-state index contributed by atoms with van der Waals surface area (Å²) in [6.45, 7) is 6.83. The van der Waals surface area contributed by atoms with E-state index in [-0.39, 0.29) is 22.6 Å². The highest BCUT2D eigenvalue weighted by Gasteiger charge is 2.65. The van der Waals surface area contributed by atoms with Crippen LogP contribution in [0, 0.1) is 17.0 Å². The summed E-state index contributed by atoms with van der Waals surface area (Å²) < 4.78 is 30.8. The maximum absolute atomic E-state index is 14.5. The van der Waals surface area contributed by atoms with Crippen LogP contribution in [0.4, 0.5) is 8.78 Å². The fourth-order valence-electron chi connectivity index (χ4n) is 6.53. The molecule has 0 saturated heterocycles. The second-order valence-corrected chi connectivity index (χ2v) is 10.8. The SMILES string of the molecule is CC[C@@H](O)Cn1cc(-c2cccc([C@@]34CC[C@@H](c5cc(-c6c(F)cccc6F)nnc53)C4(C)C)n2)cn1. The van der Waals surface area contributed by atoms with Crippen LogP contribution in [0.15, 0.2) is 54.9 Å². The Kier molecular flexibility index (Phi) is 5.49. The minimum Gasteiger partial charge on any atom is -0.391 e. The van der Waals surface area contributed by atoms with Gasteiger partial charge in [0.15, 0.2) is 0 Å². The highest BCUT2D eigenvalue weighted by atomic mass is 19.1. The van der Waals surface area contributed by atoms with E-state index in [0.29, 0.717) is 13.0 Å². The number of hydrogen-bond donors (Lipinski definition) is 1. The van der Waals surface area contributed by atoms with E-state index in [1.54, 1.807) is 10.9 Å². The lowest BCUT2D eigenvalue weighted by Gasteiger charge is -2.37. The first-order valence-corrected chi connectivity index (χ1v) is 12.8. The van der Waals surface area contributed by atoms with E-state index >= 15 is 0 Å². The van der Waals surface area contributed by atoms with Gasteiger partial charge in [-0.3, -0.25) is 9.67 Å². The molecular formula is C29H29F2N5O. The molecule has 37 heavy (non-hydrogen) atoms. The zero-order valence-corrected chi connectivity index (χ0v) is 21.1. The van der Waals surface area contributed by atoms with Crippen molar-refractivity contribution in [1.82, 2.24) is 25.0 Å². The molecule has 1 saturated carbocycles. The Balaban J connectivity index is 1.43. The molecule has 6 nitrogen and oxygen atoms in total. The second-order valence-electron chi connectivity index (χ2n) is 10.8. The molecule has 190 valence electrons. The third-order valence-electron chi connectivity index (χ3n) is 8.59. The average molecular weight is 502 g/mol. The Morgan fingerprint density at radius 2 is 1.84 bits per heavy atom. The molecule has 0 amide bonds. The maximum Gasteiger partial charge on any atom is 0.135 e. The van der Waals surface area contributed by atoms with E-state index in [1.807, 2.05) is 37.4 Å². The van der Waals surface area contributed by atoms with Gasteiger partial charge in [0.2, 0.25) is 0 Å². The van der Waals surface area contributed by atoms with Crippen LogP contribution in [0.3, 0.4) is 0 Å². The van der Waals surface area contributed by atoms with Gasteiger partial charge in [-0.1, -0.05) is 32.9 Å². The molecule has 1 aromatic carbocycles. The molecule has 4 aromatic rings. The minimum absolute atomic E-state index is 0.141. The minimum atomic E-state index is -0.646. The summed E-state index contributed by atoms with van der Waals surface area (Å²) in [6.07, 6.45) is 5.70. The van der Waals surface area contributed by atoms with E-state index in [9.17, 15) is 13.9 Å². The van der Waals surface area contributed by atoms with Crippen molar-refractivity contribution in [2.45, 2.75) is 64.0 Å². The Bertz CT molecular complexity index is 1480. The van der Waals surface area contributed by atoms with Crippen molar-refractivity contribution in [3.8, 4) is 22.5 Å². The van der Waals surface area contributed by atoms with E-state index in [4.69, 9.17) is 4.98 Å². The Hall–Kier alpha value is -3.52. The van der Waals surface area contributed by atoms with Crippen molar-refractivity contribution in [3.05, 3.63) is 83.4 Å². The first kappa shape index (κ1) is 23.9. The molecule has 3 heterocycles. The number of pyridine rings is 1. The Morgan fingerprint density at radius 1 is 1.08 bits per heavy atom. The van der Waals surface area contributed by atoms with Crippen LogP contribution in [0.25, 0.3) is 22.5 Å². The molecule has 2 aliphatic rings. The standard InChI is InChI=1S/C29H29F2N5O/c1-4-18(37)16-36-15-17(14-32-36)23-9-6-10-25(33-23)29-12-11-20(28(29,2)3)19-13-24(34-35-27(19)29)26-21(30)7-5-8-22(26)31/h5-10,13-15,18,20,37H,4,11-12,16H2,1-3H3/t18-,20+,29+/m1/s1. The quantitative estimate of drug-likeness (QED) is 0.369. The highest BCUT2D eigenvalue weighted by molar-refractivity contribution is 5.65. The lowest BCUT2D eigenvalue weighted by atomic mass is 9.66. The molecule has 2 bridgehead atoms. The van der Waals surface area contributed by atoms with Gasteiger partial charge >= 0.3 is 0 Å². The van der Waals surface area contributed by atoms with Crippen molar-refractivity contribution in [2.75, 3.05) is 0 Å². The number of aliphatic hydroxyl groups is 1. The molecule has 8 heteroatoms. The summed E-state index contributed by atoms with van der Waals surface area (Å²) in [4.78, 5) is 5.11. The van der Waals surface area contributed by atoms with E-state index in [1.165, 1.54) is 18.2 Å². The number of halogens is 2. The van der Waals surface area contributed by atoms with E-state index in [2.05, 4.69) is 29.1 Å². The molecule has 0 spiro atoms. The number of aliphatic hydroxyl groups excluding tert-OH is 1. The van der Waals surface area contributed by atoms with Crippen LogP contribution in [0.1, 0.15) is 62.9 Å². The van der Waals surface area contributed by atoms with E-state index < -0.39 is 23.2 Å². The fraction of sp³-hybridized carbons (Fsp3) is 0.379. The smallest absolute Gasteiger partial charge is 0.135 e. The summed E-state index contributed by atoms with van der Waals surface area (Å²) in [7, 11) is 0. The molecule has 3 aromatic heterocycles. The maximum atomic E-state index is 14.5. The van der Waals surface area contributed by atoms with Crippen molar-refractivity contribution >= 4 is 0 Å². The molecule has 6 rings (SSSR count). The average Bonchev–Trinajstić information content (AvgIpc) is 3.51. The van der Waals surface area contributed by atoms with Crippen molar-refractivity contribution in [3.63, 3.8) is 0 Å². The van der Waals surface area contributed by atoms with Gasteiger partial charge < -0.3 is 5.11 Å². The first-order valence-electron chi connectivity index (χ1n) is 12.8. The molecule has 1 N–H and O–H groups in total. The van der Waals surface area contributed by atoms with Gasteiger partial charge in [0, 0.05) is 11.8 Å². The fourth-order valence-corrected chi connectivity index (χ4v) is 6.53. The van der Waals surface area contributed by atoms with Gasteiger partial charge in [0.1, 0.15) is 11.6 Å². The van der Waals surface area contributed by atoms with Crippen LogP contribution >= 0.6 is 0 Å². The number of benzene rings is 1. The lowest BCUT2D eigenvalue weighted by molar-refractivity contribution is 0.145. The monoisotopic (exact) mass is 501 g/mol. The Morgan fingerprint density at radius 3 is 2.59 bits per heavy atom. The number of rotatable bonds is 6. The summed E-state index contributed by atoms with van der Waals surface area (Å²) in [6, 6.07) is 11.7. The van der Waals surface area contributed by atoms with E-state index in [0.717, 1.165) is 41.1 Å². The summed E-state index contributed by atoms with van der Waals surface area (Å²) >= 11 is 0. The molecule has 0 radical (unpaired) electrons. The molecule has 2 aliphatic carbocycles. The highest BCUT2D eigenvalue weighted by Crippen LogP contribution is 2.69. The van der Waals surface area contributed by atoms with Crippen molar-refractivity contribution in [2.24, 2.45) is 5.41 Å². The summed E-state index contributed by atoms with van der Waals surface area (Å²) in [5, 5.41) is 23.3. The summed E-state index contributed by atoms with van der Waals surface area (Å²) in [5.74, 6) is -1.11. The molecule has 1 fully saturated rings. The molecule has 0 aliphatic heterocycles. The van der Waals surface area contributed by atoms with Crippen LogP contribution < -0.4 is 0 Å². The predicted octanol–water partition coefficient (Wildman–Crippen LogP) is 5.65. The third-order valence-corrected chi connectivity index (χ3v) is 8.59. The van der Waals surface area contributed by atoms with Crippen molar-refractivity contribution < 1.29 is 13.9 Å². The second kappa shape index (κ2) is 8.52. The zero-order chi connectivity index (χ0) is 25.9. The normalized spacial score (nSPS) is 22.3. The predicted molar refractivity (Wildman–Crippen MR) is 136 cm³/mol. The van der Waals surface area contributed by atoms with Crippen molar-refractivity contribution in [1.29, 1.82) is 0 Å². The van der Waals surface area contributed by atoms with Gasteiger partial charge in [-0.15, -0.1) is 5.10 Å². The topological polar surface area (TPSA) is 76.7 Å². The van der Waals surface area contributed by atoms with Crippen LogP contribution in [0.5, 0.6) is 0 Å². The first-order chi connectivity index (χ1) is 17.8. The van der Waals surface area contributed by atoms with Crippen LogP contribution in [-0.4, -0.2) is 36.2 Å². The molecule has 3 atom stereocenters. The van der Waals surface area contributed by atoms with Gasteiger partial charge in [0.05, 0.1) is 52.6 Å². The van der Waals surface area contributed by atoms with Gasteiger partial charge in [-0.2, -0.15) is 10.2 Å². The van der Waals surface area contributed by atoms with Gasteiger partial charge in [0.25, 0.3) is 0 Å². The summed E-state index contributed by atoms with van der Waals surface area (Å²) in [5.41, 5.74) is 3.84. The number of fused-ring (bicyclic) bond motifs is 5. The third kappa shape index (κ3) is 3.45. The van der Waals surface area contributed by atoms with Crippen LogP contribution in [-0.2, 0) is 12.0 Å². The number of hydrogen-bond acceptors (Lipinski definition) is 5. The largest absolute Gasteiger partial charge is 0.391 e. The van der Waals surface area contributed by atoms with Gasteiger partial charge in [-0.25, -0.2) is 8.78 Å². The Labute approximate surface area is 214 Å². The number of nitrogens with zero attached hydrogens (tertiary/aromatic N) is 5. The molecular weight excluding hydrogens is 472 g/mol. The lowest BCUT2D eigenvalue weighted by Crippen LogP contribution is -2.37. The van der Waals surface area contributed by atoms with Gasteiger partial charge in [-0.05, 0) is 66.5 Å². The molecule has 0 unspecified atom stereocenters. The number of aromatic nitrogens is 5. The van der Waals surface area contributed by atoms with Crippen LogP contribution in [0.2, 0.25) is 0 Å². The zero-order valence-electron chi connectivity index (χ0n) is 21.1.